The third-order valence-electron chi connectivity index (χ3n) is 6.19. The van der Waals surface area contributed by atoms with Gasteiger partial charge in [0.15, 0.2) is 6.10 Å². The Morgan fingerprint density at radius 3 is 2.53 bits per heavy atom. The van der Waals surface area contributed by atoms with Crippen LogP contribution in [0.2, 0.25) is 0 Å². The quantitative estimate of drug-likeness (QED) is 0.651. The van der Waals surface area contributed by atoms with Crippen molar-refractivity contribution >= 4 is 11.6 Å². The fourth-order valence-electron chi connectivity index (χ4n) is 4.06. The molecular weight excluding hydrogens is 372 g/mol. The minimum Gasteiger partial charge on any atom is -0.481 e. The number of carbonyl (C=O) groups excluding carboxylic acids is 1. The van der Waals surface area contributed by atoms with Crippen LogP contribution in [0.4, 0.5) is 5.69 Å². The number of benzene rings is 2. The molecule has 3 atom stereocenters. The first-order valence-electron chi connectivity index (χ1n) is 11.3. The number of nitrogens with one attached hydrogen (secondary N) is 1. The molecule has 0 spiro atoms. The molecule has 1 aliphatic rings. The van der Waals surface area contributed by atoms with Crippen LogP contribution in [0.3, 0.4) is 0 Å². The van der Waals surface area contributed by atoms with E-state index < -0.39 is 6.10 Å². The summed E-state index contributed by atoms with van der Waals surface area (Å²) >= 11 is 0. The van der Waals surface area contributed by atoms with Gasteiger partial charge in [0.1, 0.15) is 5.75 Å². The Balaban J connectivity index is 1.60. The zero-order chi connectivity index (χ0) is 21.7. The van der Waals surface area contributed by atoms with Crippen LogP contribution < -0.4 is 15.0 Å². The zero-order valence-electron chi connectivity index (χ0n) is 19.1. The molecule has 4 nitrogen and oxygen atoms in total. The van der Waals surface area contributed by atoms with Crippen molar-refractivity contribution in [3.05, 3.63) is 59.2 Å². The van der Waals surface area contributed by atoms with Crippen molar-refractivity contribution < 1.29 is 9.53 Å². The predicted octanol–water partition coefficient (Wildman–Crippen LogP) is 5.57. The maximum Gasteiger partial charge on any atom is 0.261 e. The number of carbonyl (C=O) groups is 1. The summed E-state index contributed by atoms with van der Waals surface area (Å²) in [5.41, 5.74) is 4.77. The molecule has 4 heteroatoms. The highest BCUT2D eigenvalue weighted by atomic mass is 16.5. The molecule has 2 aromatic carbocycles. The largest absolute Gasteiger partial charge is 0.481 e. The van der Waals surface area contributed by atoms with Crippen LogP contribution in [0.1, 0.15) is 62.8 Å². The van der Waals surface area contributed by atoms with E-state index in [0.717, 1.165) is 30.3 Å². The van der Waals surface area contributed by atoms with E-state index in [9.17, 15) is 4.79 Å². The molecule has 162 valence electrons. The first-order chi connectivity index (χ1) is 14.4. The molecule has 0 saturated carbocycles. The van der Waals surface area contributed by atoms with Crippen molar-refractivity contribution in [1.82, 2.24) is 5.32 Å². The monoisotopic (exact) mass is 408 g/mol. The number of rotatable bonds is 7. The molecule has 1 saturated heterocycles. The normalized spacial score (nSPS) is 18.6. The molecule has 1 N–H and O–H groups in total. The van der Waals surface area contributed by atoms with Gasteiger partial charge >= 0.3 is 0 Å². The summed E-state index contributed by atoms with van der Waals surface area (Å²) in [6.07, 6.45) is 2.70. The summed E-state index contributed by atoms with van der Waals surface area (Å²) in [7, 11) is 0. The Labute approximate surface area is 181 Å². The van der Waals surface area contributed by atoms with Crippen LogP contribution in [0, 0.1) is 19.8 Å². The second-order valence-electron chi connectivity index (χ2n) is 8.78. The molecule has 30 heavy (non-hydrogen) atoms. The Morgan fingerprint density at radius 1 is 1.17 bits per heavy atom. The van der Waals surface area contributed by atoms with Crippen LogP contribution in [0.25, 0.3) is 0 Å². The fourth-order valence-corrected chi connectivity index (χ4v) is 4.06. The van der Waals surface area contributed by atoms with Crippen molar-refractivity contribution in [2.24, 2.45) is 5.92 Å². The summed E-state index contributed by atoms with van der Waals surface area (Å²) in [6.45, 7) is 12.7. The molecule has 3 rings (SSSR count). The molecular formula is C26H36N2O2. The number of ether oxygens (including phenoxy) is 1. The molecule has 0 bridgehead atoms. The second kappa shape index (κ2) is 10.0. The summed E-state index contributed by atoms with van der Waals surface area (Å²) in [5.74, 6) is 1.42. The summed E-state index contributed by atoms with van der Waals surface area (Å²) in [6, 6.07) is 14.5. The van der Waals surface area contributed by atoms with E-state index in [2.05, 4.69) is 55.3 Å². The van der Waals surface area contributed by atoms with Gasteiger partial charge in [-0.15, -0.1) is 0 Å². The van der Waals surface area contributed by atoms with E-state index in [0.29, 0.717) is 6.42 Å². The number of amides is 1. The van der Waals surface area contributed by atoms with Gasteiger partial charge in [0, 0.05) is 18.8 Å². The lowest BCUT2D eigenvalue weighted by molar-refractivity contribution is -0.128. The molecule has 1 aliphatic heterocycles. The highest BCUT2D eigenvalue weighted by molar-refractivity contribution is 5.81. The topological polar surface area (TPSA) is 41.6 Å². The maximum atomic E-state index is 12.8. The van der Waals surface area contributed by atoms with Crippen molar-refractivity contribution in [3.63, 3.8) is 0 Å². The lowest BCUT2D eigenvalue weighted by Gasteiger charge is -2.33. The Hall–Kier alpha value is -2.49. The van der Waals surface area contributed by atoms with Crippen LogP contribution in [-0.2, 0) is 4.79 Å². The highest BCUT2D eigenvalue weighted by Gasteiger charge is 2.21. The van der Waals surface area contributed by atoms with Crippen molar-refractivity contribution in [2.75, 3.05) is 18.0 Å². The van der Waals surface area contributed by atoms with Gasteiger partial charge in [-0.2, -0.15) is 0 Å². The van der Waals surface area contributed by atoms with Crippen LogP contribution in [-0.4, -0.2) is 25.1 Å². The summed E-state index contributed by atoms with van der Waals surface area (Å²) < 4.78 is 5.99. The number of hydrogen-bond acceptors (Lipinski definition) is 3. The molecule has 0 unspecified atom stereocenters. The molecule has 2 aromatic rings. The average molecular weight is 409 g/mol. The second-order valence-corrected chi connectivity index (χ2v) is 8.78. The number of anilines is 1. The molecule has 1 amide bonds. The average Bonchev–Trinajstić information content (AvgIpc) is 2.74. The lowest BCUT2D eigenvalue weighted by Crippen LogP contribution is -2.39. The summed E-state index contributed by atoms with van der Waals surface area (Å²) in [5, 5.41) is 3.12. The standard InChI is InChI=1S/C26H36N2O2/c1-6-25(30-24-14-9-19(3)20(4)16-24)26(29)27-21(5)22-10-12-23(13-11-22)28-15-7-8-18(2)17-28/h9-14,16,18,21,25H,6-8,15,17H2,1-5H3,(H,27,29)/t18-,21+,25-/m0/s1. The third-order valence-corrected chi connectivity index (χ3v) is 6.19. The van der Waals surface area contributed by atoms with Gasteiger partial charge in [0.05, 0.1) is 6.04 Å². The number of piperidine rings is 1. The van der Waals surface area contributed by atoms with Crippen LogP contribution in [0.5, 0.6) is 5.75 Å². The number of aryl methyl sites for hydroxylation is 2. The van der Waals surface area contributed by atoms with Gasteiger partial charge in [-0.1, -0.05) is 32.0 Å². The minimum atomic E-state index is -0.497. The zero-order valence-corrected chi connectivity index (χ0v) is 19.1. The van der Waals surface area contributed by atoms with Crippen molar-refractivity contribution in [3.8, 4) is 5.75 Å². The third kappa shape index (κ3) is 5.56. The van der Waals surface area contributed by atoms with E-state index in [1.165, 1.54) is 29.7 Å². The smallest absolute Gasteiger partial charge is 0.261 e. The Bertz CT molecular complexity index is 847. The molecule has 1 heterocycles. The van der Waals surface area contributed by atoms with Gasteiger partial charge in [0.2, 0.25) is 0 Å². The van der Waals surface area contributed by atoms with Gasteiger partial charge in [-0.05, 0) is 86.9 Å². The van der Waals surface area contributed by atoms with E-state index in [1.54, 1.807) is 0 Å². The van der Waals surface area contributed by atoms with E-state index >= 15 is 0 Å². The van der Waals surface area contributed by atoms with E-state index in [1.807, 2.05) is 32.0 Å². The van der Waals surface area contributed by atoms with Gasteiger partial charge in [-0.3, -0.25) is 4.79 Å². The van der Waals surface area contributed by atoms with E-state index in [-0.39, 0.29) is 11.9 Å². The van der Waals surface area contributed by atoms with Gasteiger partial charge in [0.25, 0.3) is 5.91 Å². The minimum absolute atomic E-state index is 0.0655. The fraction of sp³-hybridized carbons (Fsp3) is 0.500. The molecule has 0 radical (unpaired) electrons. The van der Waals surface area contributed by atoms with Crippen LogP contribution >= 0.6 is 0 Å². The predicted molar refractivity (Wildman–Crippen MR) is 124 cm³/mol. The first kappa shape index (κ1) is 22.2. The lowest BCUT2D eigenvalue weighted by atomic mass is 9.99. The van der Waals surface area contributed by atoms with E-state index in [4.69, 9.17) is 4.74 Å². The summed E-state index contributed by atoms with van der Waals surface area (Å²) in [4.78, 5) is 15.3. The number of hydrogen-bond donors (Lipinski definition) is 1. The Kier molecular flexibility index (Phi) is 7.41. The van der Waals surface area contributed by atoms with Crippen molar-refractivity contribution in [2.45, 2.75) is 66.0 Å². The van der Waals surface area contributed by atoms with Gasteiger partial charge in [-0.25, -0.2) is 0 Å². The number of nitrogens with zero attached hydrogens (tertiary/aromatic N) is 1. The highest BCUT2D eigenvalue weighted by Crippen LogP contribution is 2.25. The SMILES string of the molecule is CC[C@H](Oc1ccc(C)c(C)c1)C(=O)N[C@H](C)c1ccc(N2CCC[C@H](C)C2)cc1. The van der Waals surface area contributed by atoms with Gasteiger partial charge < -0.3 is 15.0 Å². The molecule has 1 fully saturated rings. The van der Waals surface area contributed by atoms with Crippen LogP contribution in [0.15, 0.2) is 42.5 Å². The molecule has 0 aromatic heterocycles. The maximum absolute atomic E-state index is 12.8. The van der Waals surface area contributed by atoms with Crippen molar-refractivity contribution in [1.29, 1.82) is 0 Å². The molecule has 0 aliphatic carbocycles. The Morgan fingerprint density at radius 2 is 1.90 bits per heavy atom. The first-order valence-corrected chi connectivity index (χ1v) is 11.3.